The number of thiocarbonyl (C=S) groups is 1. The van der Waals surface area contributed by atoms with E-state index in [1.165, 1.54) is 48.5 Å². The van der Waals surface area contributed by atoms with Gasteiger partial charge in [-0.25, -0.2) is 4.39 Å². The first-order chi connectivity index (χ1) is 17.6. The second-order valence-electron chi connectivity index (χ2n) is 7.56. The average Bonchev–Trinajstić information content (AvgIpc) is 2.84. The van der Waals surface area contributed by atoms with Gasteiger partial charge in [0.15, 0.2) is 11.7 Å². The van der Waals surface area contributed by atoms with E-state index in [9.17, 15) is 18.8 Å². The van der Waals surface area contributed by atoms with Crippen molar-refractivity contribution in [1.82, 2.24) is 5.32 Å². The van der Waals surface area contributed by atoms with Crippen LogP contribution in [0.25, 0.3) is 6.08 Å². The van der Waals surface area contributed by atoms with Crippen molar-refractivity contribution in [3.8, 4) is 5.75 Å². The maximum absolute atomic E-state index is 13.7. The van der Waals surface area contributed by atoms with E-state index in [1.54, 1.807) is 18.2 Å². The van der Waals surface area contributed by atoms with Crippen molar-refractivity contribution in [3.63, 3.8) is 0 Å². The number of para-hydroxylation sites is 1. The normalized spacial score (nSPS) is 14.5. The van der Waals surface area contributed by atoms with Gasteiger partial charge in [-0.05, 0) is 66.3 Å². The van der Waals surface area contributed by atoms with Crippen molar-refractivity contribution >= 4 is 87.3 Å². The molecule has 0 aliphatic carbocycles. The minimum atomic E-state index is -0.687. The average molecular weight is 579 g/mol. The highest BCUT2D eigenvalue weighted by Gasteiger charge is 2.34. The summed E-state index contributed by atoms with van der Waals surface area (Å²) in [6.07, 6.45) is 1.34. The summed E-state index contributed by atoms with van der Waals surface area (Å²) in [7, 11) is 0. The monoisotopic (exact) mass is 577 g/mol. The fraction of sp³-hybridized carbons (Fsp3) is 0.0400. The Morgan fingerprint density at radius 2 is 1.78 bits per heavy atom. The summed E-state index contributed by atoms with van der Waals surface area (Å²) in [6.45, 7) is -0.425. The van der Waals surface area contributed by atoms with Gasteiger partial charge in [-0.3, -0.25) is 24.6 Å². The Kier molecular flexibility index (Phi) is 8.09. The summed E-state index contributed by atoms with van der Waals surface area (Å²) in [6, 6.07) is 14.7. The van der Waals surface area contributed by atoms with Gasteiger partial charge < -0.3 is 10.1 Å². The summed E-state index contributed by atoms with van der Waals surface area (Å²) in [5.41, 5.74) is 0.557. The highest BCUT2D eigenvalue weighted by Crippen LogP contribution is 2.31. The molecule has 1 heterocycles. The van der Waals surface area contributed by atoms with Gasteiger partial charge in [0.25, 0.3) is 17.7 Å². The van der Waals surface area contributed by atoms with E-state index in [0.717, 1.165) is 4.90 Å². The minimum absolute atomic E-state index is 0.0222. The van der Waals surface area contributed by atoms with Crippen molar-refractivity contribution in [3.05, 3.63) is 92.7 Å². The summed E-state index contributed by atoms with van der Waals surface area (Å²) in [4.78, 5) is 38.9. The van der Waals surface area contributed by atoms with Crippen LogP contribution in [-0.4, -0.2) is 29.4 Å². The fourth-order valence-corrected chi connectivity index (χ4v) is 4.12. The second kappa shape index (κ2) is 11.3. The maximum Gasteiger partial charge on any atom is 0.270 e. The predicted molar refractivity (Wildman–Crippen MR) is 145 cm³/mol. The highest BCUT2D eigenvalue weighted by atomic mass is 35.5. The smallest absolute Gasteiger partial charge is 0.270 e. The zero-order valence-electron chi connectivity index (χ0n) is 18.6. The number of ether oxygens (including phenoxy) is 1. The Hall–Kier alpha value is -3.50. The van der Waals surface area contributed by atoms with E-state index < -0.39 is 30.1 Å². The van der Waals surface area contributed by atoms with Crippen LogP contribution in [0.1, 0.15) is 5.56 Å². The fourth-order valence-electron chi connectivity index (χ4n) is 3.30. The van der Waals surface area contributed by atoms with Crippen LogP contribution in [0.2, 0.25) is 15.1 Å². The Morgan fingerprint density at radius 3 is 2.49 bits per heavy atom. The molecule has 4 rings (SSSR count). The molecule has 1 aliphatic rings. The van der Waals surface area contributed by atoms with E-state index in [1.807, 2.05) is 0 Å². The first kappa shape index (κ1) is 26.6. The van der Waals surface area contributed by atoms with Crippen LogP contribution in [0.3, 0.4) is 0 Å². The van der Waals surface area contributed by atoms with Gasteiger partial charge in [-0.15, -0.1) is 0 Å². The number of halogens is 4. The summed E-state index contributed by atoms with van der Waals surface area (Å²) < 4.78 is 19.1. The van der Waals surface area contributed by atoms with Crippen LogP contribution in [-0.2, 0) is 14.4 Å². The number of carbonyl (C=O) groups is 3. The van der Waals surface area contributed by atoms with Crippen LogP contribution in [0.4, 0.5) is 15.8 Å². The van der Waals surface area contributed by atoms with Crippen molar-refractivity contribution in [2.75, 3.05) is 16.8 Å². The molecule has 7 nitrogen and oxygen atoms in total. The second-order valence-corrected chi connectivity index (χ2v) is 9.17. The number of hydrogen-bond acceptors (Lipinski definition) is 5. The molecule has 188 valence electrons. The van der Waals surface area contributed by atoms with Crippen LogP contribution in [0, 0.1) is 5.82 Å². The molecule has 3 aromatic rings. The third-order valence-corrected chi connectivity index (χ3v) is 6.36. The van der Waals surface area contributed by atoms with Crippen molar-refractivity contribution in [2.24, 2.45) is 0 Å². The Morgan fingerprint density at radius 1 is 1.03 bits per heavy atom. The zero-order chi connectivity index (χ0) is 26.7. The van der Waals surface area contributed by atoms with Crippen molar-refractivity contribution < 1.29 is 23.5 Å². The molecule has 3 aromatic carbocycles. The molecule has 0 aromatic heterocycles. The number of hydrogen-bond donors (Lipinski definition) is 2. The van der Waals surface area contributed by atoms with Gasteiger partial charge in [0.05, 0.1) is 26.4 Å². The van der Waals surface area contributed by atoms with Gasteiger partial charge in [-0.2, -0.15) is 0 Å². The van der Waals surface area contributed by atoms with E-state index in [0.29, 0.717) is 16.3 Å². The van der Waals surface area contributed by atoms with Gasteiger partial charge in [0, 0.05) is 0 Å². The minimum Gasteiger partial charge on any atom is -0.482 e. The molecule has 2 N–H and O–H groups in total. The lowest BCUT2D eigenvalue weighted by Gasteiger charge is -2.29. The van der Waals surface area contributed by atoms with E-state index in [4.69, 9.17) is 51.8 Å². The quantitative estimate of drug-likeness (QED) is 0.225. The Balaban J connectivity index is 1.49. The Bertz CT molecular complexity index is 1480. The topological polar surface area (TPSA) is 87.7 Å². The van der Waals surface area contributed by atoms with Crippen LogP contribution >= 0.6 is 47.0 Å². The van der Waals surface area contributed by atoms with E-state index in [2.05, 4.69) is 10.6 Å². The van der Waals surface area contributed by atoms with Gasteiger partial charge >= 0.3 is 0 Å². The molecule has 0 spiro atoms. The molecule has 37 heavy (non-hydrogen) atoms. The summed E-state index contributed by atoms with van der Waals surface area (Å²) in [5, 5.41) is 5.38. The lowest BCUT2D eigenvalue weighted by Crippen LogP contribution is -2.54. The molecule has 0 atom stereocenters. The van der Waals surface area contributed by atoms with Crippen LogP contribution in [0.5, 0.6) is 5.75 Å². The lowest BCUT2D eigenvalue weighted by molar-refractivity contribution is -0.122. The largest absolute Gasteiger partial charge is 0.482 e. The molecule has 3 amide bonds. The van der Waals surface area contributed by atoms with Crippen molar-refractivity contribution in [2.45, 2.75) is 0 Å². The third kappa shape index (κ3) is 6.08. The number of nitrogens with zero attached hydrogens (tertiary/aromatic N) is 1. The first-order valence-corrected chi connectivity index (χ1v) is 12.0. The number of rotatable bonds is 6. The maximum atomic E-state index is 13.7. The molecule has 1 fully saturated rings. The number of carbonyl (C=O) groups excluding carboxylic acids is 3. The summed E-state index contributed by atoms with van der Waals surface area (Å²) >= 11 is 23.5. The number of anilines is 2. The van der Waals surface area contributed by atoms with Crippen LogP contribution < -0.4 is 20.3 Å². The predicted octanol–water partition coefficient (Wildman–Crippen LogP) is 5.63. The molecule has 0 saturated carbocycles. The molecule has 0 unspecified atom stereocenters. The molecule has 0 bridgehead atoms. The van der Waals surface area contributed by atoms with E-state index >= 15 is 0 Å². The number of nitrogens with one attached hydrogen (secondary N) is 2. The molecular weight excluding hydrogens is 564 g/mol. The van der Waals surface area contributed by atoms with Gasteiger partial charge in [0.1, 0.15) is 17.1 Å². The SMILES string of the molecule is O=C(COc1ccc(/C=C2\C(=O)NC(=S)N(c3ccc(Cl)c(Cl)c3)C2=O)cc1Cl)Nc1ccccc1F. The standard InChI is InChI=1S/C25H15Cl3FN3O4S/c26-16-7-6-14(11-17(16)27)32-24(35)15(23(34)31-25(32)37)9-13-5-8-21(18(28)10-13)36-12-22(33)30-20-4-2-1-3-19(20)29/h1-11H,12H2,(H,30,33)(H,31,34,37)/b15-9+. The number of benzene rings is 3. The molecule has 0 radical (unpaired) electrons. The summed E-state index contributed by atoms with van der Waals surface area (Å²) in [5.74, 6) is -2.35. The lowest BCUT2D eigenvalue weighted by atomic mass is 10.1. The van der Waals surface area contributed by atoms with Gasteiger partial charge in [0.2, 0.25) is 0 Å². The Labute approximate surface area is 230 Å². The first-order valence-electron chi connectivity index (χ1n) is 10.5. The zero-order valence-corrected chi connectivity index (χ0v) is 21.6. The van der Waals surface area contributed by atoms with Gasteiger partial charge in [-0.1, -0.05) is 53.0 Å². The third-order valence-electron chi connectivity index (χ3n) is 5.04. The highest BCUT2D eigenvalue weighted by molar-refractivity contribution is 7.80. The van der Waals surface area contributed by atoms with Crippen molar-refractivity contribution in [1.29, 1.82) is 0 Å². The number of amides is 3. The van der Waals surface area contributed by atoms with E-state index in [-0.39, 0.29) is 32.2 Å². The van der Waals surface area contributed by atoms with Crippen LogP contribution in [0.15, 0.2) is 66.2 Å². The molecule has 12 heteroatoms. The molecular formula is C25H15Cl3FN3O4S. The molecule has 1 aliphatic heterocycles. The molecule has 1 saturated heterocycles.